The predicted octanol–water partition coefficient (Wildman–Crippen LogP) is 11.5. The van der Waals surface area contributed by atoms with Crippen LogP contribution >= 0.6 is 0 Å². The number of rotatable bonds is 5. The van der Waals surface area contributed by atoms with Crippen molar-refractivity contribution in [1.82, 2.24) is 0 Å². The minimum absolute atomic E-state index is 0.564. The van der Waals surface area contributed by atoms with Crippen LogP contribution < -0.4 is 0 Å². The van der Waals surface area contributed by atoms with Crippen molar-refractivity contribution in [2.75, 3.05) is 0 Å². The molecule has 2 aliphatic carbocycles. The Hall–Kier alpha value is -2.55. The summed E-state index contributed by atoms with van der Waals surface area (Å²) < 4.78 is 6.82. The zero-order valence-electron chi connectivity index (χ0n) is 26.1. The standard InChI is InChI=1S/2C17H15.C3H8Si.2CH3.Hf/c2*1-12-6-3-7-13(2)17(12)16-11-5-9-14-8-4-10-15(14)16;1-3-4-2;;;/h2*3-11H,1-2H3;3H2,1-2H3;2*1H3;. The third-order valence-electron chi connectivity index (χ3n) is 11.2. The molecule has 4 aromatic carbocycles. The van der Waals surface area contributed by atoms with E-state index in [9.17, 15) is 0 Å². The van der Waals surface area contributed by atoms with E-state index in [-0.39, 0.29) is 0 Å². The Kier molecular flexibility index (Phi) is 7.19. The van der Waals surface area contributed by atoms with Crippen molar-refractivity contribution >= 4 is 17.6 Å². The van der Waals surface area contributed by atoms with Gasteiger partial charge in [-0.1, -0.05) is 0 Å². The molecule has 0 radical (unpaired) electrons. The van der Waals surface area contributed by atoms with Crippen molar-refractivity contribution in [3.8, 4) is 22.3 Å². The number of hydrogen-bond donors (Lipinski definition) is 0. The van der Waals surface area contributed by atoms with Crippen LogP contribution in [0.25, 0.3) is 34.4 Å². The molecule has 2 heteroatoms. The molecule has 41 heavy (non-hydrogen) atoms. The summed E-state index contributed by atoms with van der Waals surface area (Å²) in [5.74, 6) is 0. The Balaban J connectivity index is 1.56. The Labute approximate surface area is 248 Å². The predicted molar refractivity (Wildman–Crippen MR) is 180 cm³/mol. The van der Waals surface area contributed by atoms with Gasteiger partial charge in [0, 0.05) is 0 Å². The van der Waals surface area contributed by atoms with Crippen molar-refractivity contribution in [1.29, 1.82) is 0 Å². The number of hydrogen-bond acceptors (Lipinski definition) is 0. The molecule has 2 atom stereocenters. The van der Waals surface area contributed by atoms with E-state index in [0.29, 0.717) is 7.35 Å². The van der Waals surface area contributed by atoms with Gasteiger partial charge in [0.2, 0.25) is 0 Å². The molecule has 208 valence electrons. The fourth-order valence-corrected chi connectivity index (χ4v) is 53.2. The second-order valence-corrected chi connectivity index (χ2v) is 61.2. The third kappa shape index (κ3) is 4.23. The molecule has 0 N–H and O–H groups in total. The van der Waals surface area contributed by atoms with Crippen LogP contribution in [0, 0.1) is 27.7 Å². The summed E-state index contributed by atoms with van der Waals surface area (Å²) in [6.07, 6.45) is 10.3. The van der Waals surface area contributed by atoms with Crippen molar-refractivity contribution in [3.05, 3.63) is 129 Å². The van der Waals surface area contributed by atoms with Crippen LogP contribution in [-0.4, -0.2) is 5.49 Å². The first kappa shape index (κ1) is 28.6. The van der Waals surface area contributed by atoms with Gasteiger partial charge in [-0.2, -0.15) is 0 Å². The van der Waals surface area contributed by atoms with Crippen LogP contribution in [-0.2, 0) is 17.1 Å². The van der Waals surface area contributed by atoms with Crippen molar-refractivity contribution < 1.29 is 17.1 Å². The molecule has 0 aromatic heterocycles. The summed E-state index contributed by atoms with van der Waals surface area (Å²) in [7, 11) is 0. The van der Waals surface area contributed by atoms with E-state index in [2.05, 4.69) is 148 Å². The second kappa shape index (κ2) is 10.3. The molecule has 0 fully saturated rings. The molecular formula is C39H44HfSi. The van der Waals surface area contributed by atoms with Crippen molar-refractivity contribution in [2.24, 2.45) is 0 Å². The Morgan fingerprint density at radius 1 is 0.585 bits per heavy atom. The summed E-state index contributed by atoms with van der Waals surface area (Å²) in [4.78, 5) is 0. The normalized spacial score (nSPS) is 17.6. The molecule has 0 spiro atoms. The van der Waals surface area contributed by atoms with Crippen LogP contribution in [0.15, 0.2) is 84.9 Å². The van der Waals surface area contributed by atoms with Gasteiger partial charge in [0.15, 0.2) is 0 Å². The molecule has 0 saturated carbocycles. The zero-order valence-corrected chi connectivity index (χ0v) is 30.7. The van der Waals surface area contributed by atoms with E-state index in [4.69, 9.17) is 0 Å². The van der Waals surface area contributed by atoms with E-state index in [1.807, 2.05) is 0 Å². The van der Waals surface area contributed by atoms with Crippen LogP contribution in [0.5, 0.6) is 0 Å². The molecule has 0 nitrogen and oxygen atoms in total. The maximum atomic E-state index is 2.85. The molecule has 6 rings (SSSR count). The molecule has 0 bridgehead atoms. The Morgan fingerprint density at radius 2 is 0.951 bits per heavy atom. The molecule has 0 saturated heterocycles. The van der Waals surface area contributed by atoms with E-state index >= 15 is 0 Å². The van der Waals surface area contributed by atoms with Crippen molar-refractivity contribution in [2.45, 2.75) is 63.9 Å². The summed E-state index contributed by atoms with van der Waals surface area (Å²) in [6, 6.07) is 29.1. The molecule has 0 heterocycles. The number of aryl methyl sites for hydroxylation is 4. The van der Waals surface area contributed by atoms with Gasteiger partial charge in [0.05, 0.1) is 0 Å². The number of benzene rings is 4. The number of allylic oxidation sites excluding steroid dienone is 2. The fraction of sp³-hybridized carbons (Fsp3) is 0.282. The third-order valence-corrected chi connectivity index (χ3v) is 70.2. The molecule has 0 amide bonds. The van der Waals surface area contributed by atoms with Gasteiger partial charge in [-0.3, -0.25) is 0 Å². The van der Waals surface area contributed by atoms with Gasteiger partial charge >= 0.3 is 250 Å². The molecular weight excluding hydrogens is 675 g/mol. The number of fused-ring (bicyclic) bond motifs is 2. The van der Waals surface area contributed by atoms with Gasteiger partial charge < -0.3 is 0 Å². The van der Waals surface area contributed by atoms with E-state index < -0.39 is 22.6 Å². The molecule has 4 aromatic rings. The second-order valence-electron chi connectivity index (χ2n) is 13.6. The van der Waals surface area contributed by atoms with Crippen molar-refractivity contribution in [3.63, 3.8) is 0 Å². The van der Waals surface area contributed by atoms with E-state index in [0.717, 1.165) is 0 Å². The molecule has 2 unspecified atom stereocenters. The topological polar surface area (TPSA) is 0 Å². The van der Waals surface area contributed by atoms with Gasteiger partial charge in [0.1, 0.15) is 0 Å². The summed E-state index contributed by atoms with van der Waals surface area (Å²) in [5, 5.41) is 0. The first-order chi connectivity index (χ1) is 19.6. The van der Waals surface area contributed by atoms with E-state index in [1.165, 1.54) is 61.7 Å². The van der Waals surface area contributed by atoms with Gasteiger partial charge in [-0.25, -0.2) is 0 Å². The quantitative estimate of drug-likeness (QED) is 0.180. The average Bonchev–Trinajstić information content (AvgIpc) is 3.59. The van der Waals surface area contributed by atoms with Gasteiger partial charge in [-0.15, -0.1) is 0 Å². The Morgan fingerprint density at radius 3 is 1.32 bits per heavy atom. The Bertz CT molecular complexity index is 1680. The summed E-state index contributed by atoms with van der Waals surface area (Å²) >= 11 is -3.75. The van der Waals surface area contributed by atoms with Gasteiger partial charge in [0.25, 0.3) is 0 Å². The summed E-state index contributed by atoms with van der Waals surface area (Å²) in [5.41, 5.74) is 16.7. The first-order valence-electron chi connectivity index (χ1n) is 15.4. The molecule has 2 aliphatic rings. The monoisotopic (exact) mass is 720 g/mol. The van der Waals surface area contributed by atoms with Crippen LogP contribution in [0.3, 0.4) is 0 Å². The SMILES string of the molecule is CC[Si](C)=[Hf]([CH3])([CH3])([CH]1C=Cc2c(-c3c(C)cccc3C)cccc21)[CH]1C=Cc2c(-c3c(C)cccc3C)cccc21. The van der Waals surface area contributed by atoms with Crippen LogP contribution in [0.1, 0.15) is 58.8 Å². The minimum atomic E-state index is -3.75. The van der Waals surface area contributed by atoms with Crippen LogP contribution in [0.4, 0.5) is 0 Å². The summed E-state index contributed by atoms with van der Waals surface area (Å²) in [6.45, 7) is 14.2. The van der Waals surface area contributed by atoms with Gasteiger partial charge in [-0.05, 0) is 0 Å². The van der Waals surface area contributed by atoms with Crippen LogP contribution in [0.2, 0.25) is 22.0 Å². The fourth-order valence-electron chi connectivity index (χ4n) is 8.42. The zero-order chi connectivity index (χ0) is 29.1. The maximum absolute atomic E-state index is 3.75. The molecule has 0 aliphatic heterocycles. The first-order valence-corrected chi connectivity index (χ1v) is 34.3. The van der Waals surface area contributed by atoms with E-state index in [1.54, 1.807) is 11.1 Å². The average molecular weight is 719 g/mol.